The standard InChI is InChI=1S/C28H52/c1-3-5-7-9-11-13-23-15-19-27-25(21-23)17-18-26-22-24(16-20-28(26)27)14-12-10-8-6-4-2/h23-28H,3-22H2,1-2H3/t23-,24-,25?,26?,27?,28?/m0/s1. The molecule has 164 valence electrons. The van der Waals surface area contributed by atoms with E-state index in [1.165, 1.54) is 64.2 Å². The molecule has 28 heavy (non-hydrogen) atoms. The number of rotatable bonds is 12. The van der Waals surface area contributed by atoms with Crippen molar-refractivity contribution in [2.45, 2.75) is 142 Å². The Labute approximate surface area is 178 Å². The van der Waals surface area contributed by atoms with Crippen LogP contribution in [-0.2, 0) is 0 Å². The van der Waals surface area contributed by atoms with Gasteiger partial charge in [0.25, 0.3) is 0 Å². The van der Waals surface area contributed by atoms with Gasteiger partial charge in [0, 0.05) is 0 Å². The van der Waals surface area contributed by atoms with Crippen molar-refractivity contribution in [1.82, 2.24) is 0 Å². The van der Waals surface area contributed by atoms with Crippen LogP contribution in [0.25, 0.3) is 0 Å². The van der Waals surface area contributed by atoms with Gasteiger partial charge in [-0.25, -0.2) is 0 Å². The van der Waals surface area contributed by atoms with Crippen LogP contribution in [0.4, 0.5) is 0 Å². The number of fused-ring (bicyclic) bond motifs is 3. The summed E-state index contributed by atoms with van der Waals surface area (Å²) >= 11 is 0. The van der Waals surface area contributed by atoms with Crippen molar-refractivity contribution >= 4 is 0 Å². The topological polar surface area (TPSA) is 0 Å². The summed E-state index contributed by atoms with van der Waals surface area (Å²) in [5, 5.41) is 0. The molecule has 3 fully saturated rings. The van der Waals surface area contributed by atoms with Gasteiger partial charge in [0.05, 0.1) is 0 Å². The molecule has 0 heteroatoms. The summed E-state index contributed by atoms with van der Waals surface area (Å²) < 4.78 is 0. The fraction of sp³-hybridized carbons (Fsp3) is 1.00. The largest absolute Gasteiger partial charge is 0.0654 e. The van der Waals surface area contributed by atoms with Crippen LogP contribution in [0, 0.1) is 35.5 Å². The molecule has 0 radical (unpaired) electrons. The summed E-state index contributed by atoms with van der Waals surface area (Å²) in [5.74, 6) is 6.72. The van der Waals surface area contributed by atoms with E-state index in [1.807, 2.05) is 0 Å². The zero-order valence-electron chi connectivity index (χ0n) is 19.6. The highest BCUT2D eigenvalue weighted by Gasteiger charge is 2.44. The van der Waals surface area contributed by atoms with Crippen molar-refractivity contribution in [3.63, 3.8) is 0 Å². The van der Waals surface area contributed by atoms with E-state index in [0.717, 1.165) is 35.5 Å². The van der Waals surface area contributed by atoms with Crippen LogP contribution < -0.4 is 0 Å². The molecule has 0 spiro atoms. The van der Waals surface area contributed by atoms with Crippen LogP contribution in [-0.4, -0.2) is 0 Å². The van der Waals surface area contributed by atoms with Gasteiger partial charge in [-0.05, 0) is 74.0 Å². The van der Waals surface area contributed by atoms with E-state index in [1.54, 1.807) is 64.2 Å². The van der Waals surface area contributed by atoms with Crippen LogP contribution in [0.2, 0.25) is 0 Å². The third-order valence-electron chi connectivity index (χ3n) is 9.19. The Morgan fingerprint density at radius 3 is 1.32 bits per heavy atom. The first-order valence-corrected chi connectivity index (χ1v) is 13.8. The van der Waals surface area contributed by atoms with E-state index in [4.69, 9.17) is 0 Å². The number of hydrogen-bond acceptors (Lipinski definition) is 0. The molecule has 0 aromatic heterocycles. The van der Waals surface area contributed by atoms with Gasteiger partial charge in [0.2, 0.25) is 0 Å². The molecule has 0 saturated heterocycles. The molecule has 0 heterocycles. The molecule has 3 saturated carbocycles. The Hall–Kier alpha value is 0. The lowest BCUT2D eigenvalue weighted by molar-refractivity contribution is -0.00461. The molecule has 6 atom stereocenters. The van der Waals surface area contributed by atoms with Crippen LogP contribution in [0.1, 0.15) is 142 Å². The Morgan fingerprint density at radius 2 is 0.893 bits per heavy atom. The van der Waals surface area contributed by atoms with Crippen molar-refractivity contribution in [2.75, 3.05) is 0 Å². The minimum Gasteiger partial charge on any atom is -0.0654 e. The maximum Gasteiger partial charge on any atom is -0.0355 e. The summed E-state index contributed by atoms with van der Waals surface area (Å²) in [6.45, 7) is 4.66. The zero-order chi connectivity index (χ0) is 19.6. The normalized spacial score (nSPS) is 35.4. The van der Waals surface area contributed by atoms with E-state index >= 15 is 0 Å². The predicted octanol–water partition coefficient (Wildman–Crippen LogP) is 9.57. The molecular formula is C28H52. The monoisotopic (exact) mass is 388 g/mol. The summed E-state index contributed by atoms with van der Waals surface area (Å²) in [5.41, 5.74) is 0. The molecular weight excluding hydrogens is 336 g/mol. The third kappa shape index (κ3) is 6.77. The highest BCUT2D eigenvalue weighted by atomic mass is 14.5. The Balaban J connectivity index is 1.35. The lowest BCUT2D eigenvalue weighted by Gasteiger charge is -2.51. The van der Waals surface area contributed by atoms with E-state index in [2.05, 4.69) is 13.8 Å². The summed E-state index contributed by atoms with van der Waals surface area (Å²) in [6, 6.07) is 0. The van der Waals surface area contributed by atoms with E-state index in [0.29, 0.717) is 0 Å². The molecule has 0 aliphatic heterocycles. The van der Waals surface area contributed by atoms with Crippen molar-refractivity contribution < 1.29 is 0 Å². The first-order chi connectivity index (χ1) is 13.8. The van der Waals surface area contributed by atoms with E-state index in [-0.39, 0.29) is 0 Å². The van der Waals surface area contributed by atoms with Crippen molar-refractivity contribution in [3.05, 3.63) is 0 Å². The second-order valence-electron chi connectivity index (χ2n) is 11.2. The molecule has 4 unspecified atom stereocenters. The minimum atomic E-state index is 1.10. The molecule has 0 aromatic rings. The molecule has 3 aliphatic carbocycles. The maximum absolute atomic E-state index is 2.33. The fourth-order valence-corrected chi connectivity index (χ4v) is 7.59. The second kappa shape index (κ2) is 12.6. The number of unbranched alkanes of at least 4 members (excludes halogenated alkanes) is 8. The number of hydrogen-bond donors (Lipinski definition) is 0. The Morgan fingerprint density at radius 1 is 0.464 bits per heavy atom. The lowest BCUT2D eigenvalue weighted by atomic mass is 9.55. The molecule has 0 N–H and O–H groups in total. The minimum absolute atomic E-state index is 1.10. The summed E-state index contributed by atoms with van der Waals surface area (Å²) in [7, 11) is 0. The predicted molar refractivity (Wildman–Crippen MR) is 125 cm³/mol. The first-order valence-electron chi connectivity index (χ1n) is 13.8. The zero-order valence-corrected chi connectivity index (χ0v) is 19.6. The molecule has 0 bridgehead atoms. The van der Waals surface area contributed by atoms with Crippen molar-refractivity contribution in [3.8, 4) is 0 Å². The van der Waals surface area contributed by atoms with Crippen LogP contribution in [0.3, 0.4) is 0 Å². The lowest BCUT2D eigenvalue weighted by Crippen LogP contribution is -2.41. The van der Waals surface area contributed by atoms with Gasteiger partial charge in [-0.2, -0.15) is 0 Å². The van der Waals surface area contributed by atoms with Crippen LogP contribution in [0.15, 0.2) is 0 Å². The SMILES string of the molecule is CCCCCCC[C@H]1CCC2C(CCC3C[C@@H](CCCCCCC)CCC32)C1. The van der Waals surface area contributed by atoms with Gasteiger partial charge < -0.3 is 0 Å². The quantitative estimate of drug-likeness (QED) is 0.292. The van der Waals surface area contributed by atoms with Crippen LogP contribution >= 0.6 is 0 Å². The summed E-state index contributed by atoms with van der Waals surface area (Å²) in [4.78, 5) is 0. The molecule has 0 amide bonds. The van der Waals surface area contributed by atoms with Gasteiger partial charge in [0.1, 0.15) is 0 Å². The van der Waals surface area contributed by atoms with Crippen molar-refractivity contribution in [2.24, 2.45) is 35.5 Å². The average Bonchev–Trinajstić information content (AvgIpc) is 2.73. The van der Waals surface area contributed by atoms with E-state index < -0.39 is 0 Å². The van der Waals surface area contributed by atoms with E-state index in [9.17, 15) is 0 Å². The molecule has 3 rings (SSSR count). The van der Waals surface area contributed by atoms with Gasteiger partial charge in [-0.3, -0.25) is 0 Å². The molecule has 0 nitrogen and oxygen atoms in total. The highest BCUT2D eigenvalue weighted by molar-refractivity contribution is 4.94. The van der Waals surface area contributed by atoms with Gasteiger partial charge in [0.15, 0.2) is 0 Å². The van der Waals surface area contributed by atoms with Crippen LogP contribution in [0.5, 0.6) is 0 Å². The first kappa shape index (κ1) is 22.7. The third-order valence-corrected chi connectivity index (χ3v) is 9.19. The van der Waals surface area contributed by atoms with Crippen molar-refractivity contribution in [1.29, 1.82) is 0 Å². The Bertz CT molecular complexity index is 361. The Kier molecular flexibility index (Phi) is 10.2. The average molecular weight is 389 g/mol. The second-order valence-corrected chi connectivity index (χ2v) is 11.2. The van der Waals surface area contributed by atoms with Gasteiger partial charge in [-0.1, -0.05) is 104 Å². The fourth-order valence-electron chi connectivity index (χ4n) is 7.59. The molecule has 0 aromatic carbocycles. The smallest absolute Gasteiger partial charge is 0.0355 e. The maximum atomic E-state index is 2.33. The van der Waals surface area contributed by atoms with Gasteiger partial charge in [-0.15, -0.1) is 0 Å². The molecule has 3 aliphatic rings. The summed E-state index contributed by atoms with van der Waals surface area (Å²) in [6.07, 6.45) is 30.6. The van der Waals surface area contributed by atoms with Gasteiger partial charge >= 0.3 is 0 Å². The highest BCUT2D eigenvalue weighted by Crippen LogP contribution is 2.54.